The van der Waals surface area contributed by atoms with Gasteiger partial charge in [-0.05, 0) is 42.2 Å². The number of hydrogen-bond donors (Lipinski definition) is 1. The van der Waals surface area contributed by atoms with Gasteiger partial charge in [0.25, 0.3) is 0 Å². The zero-order valence-corrected chi connectivity index (χ0v) is 11.2. The summed E-state index contributed by atoms with van der Waals surface area (Å²) in [5.41, 5.74) is 8.83. The van der Waals surface area contributed by atoms with E-state index in [-0.39, 0.29) is 17.7 Å². The smallest absolute Gasteiger partial charge is 0.150 e. The maximum Gasteiger partial charge on any atom is 0.150 e. The van der Waals surface area contributed by atoms with E-state index in [4.69, 9.17) is 5.73 Å². The highest BCUT2D eigenvalue weighted by Crippen LogP contribution is 2.44. The number of benzene rings is 1. The molecule has 1 aliphatic carbocycles. The molecule has 18 heavy (non-hydrogen) atoms. The highest BCUT2D eigenvalue weighted by molar-refractivity contribution is 7.91. The SMILES string of the molecule is NC(c1ccccc1C1CC1)C1CCS(=O)(=O)C1. The van der Waals surface area contributed by atoms with Gasteiger partial charge in [0.15, 0.2) is 9.84 Å². The van der Waals surface area contributed by atoms with Gasteiger partial charge in [0.2, 0.25) is 0 Å². The van der Waals surface area contributed by atoms with Crippen molar-refractivity contribution in [1.29, 1.82) is 0 Å². The molecule has 0 amide bonds. The Bertz CT molecular complexity index is 549. The van der Waals surface area contributed by atoms with E-state index in [0.717, 1.165) is 0 Å². The second-order valence-electron chi connectivity index (χ2n) is 5.59. The third kappa shape index (κ3) is 2.31. The lowest BCUT2D eigenvalue weighted by molar-refractivity contribution is 0.477. The van der Waals surface area contributed by atoms with Crippen LogP contribution in [0.25, 0.3) is 0 Å². The number of rotatable bonds is 3. The molecule has 2 fully saturated rings. The van der Waals surface area contributed by atoms with Crippen LogP contribution in [0, 0.1) is 5.92 Å². The summed E-state index contributed by atoms with van der Waals surface area (Å²) < 4.78 is 23.1. The molecule has 3 nitrogen and oxygen atoms in total. The fourth-order valence-corrected chi connectivity index (χ4v) is 4.80. The minimum absolute atomic E-state index is 0.0925. The van der Waals surface area contributed by atoms with Gasteiger partial charge in [-0.2, -0.15) is 0 Å². The molecule has 1 aromatic carbocycles. The molecule has 0 aromatic heterocycles. The van der Waals surface area contributed by atoms with E-state index in [1.165, 1.54) is 24.0 Å². The van der Waals surface area contributed by atoms with E-state index in [2.05, 4.69) is 18.2 Å². The largest absolute Gasteiger partial charge is 0.324 e. The normalized spacial score (nSPS) is 28.2. The Balaban J connectivity index is 1.86. The standard InChI is InChI=1S/C14H19NO2S/c15-14(11-7-8-18(16,17)9-11)13-4-2-1-3-12(13)10-5-6-10/h1-4,10-11,14H,5-9,15H2. The van der Waals surface area contributed by atoms with Crippen LogP contribution < -0.4 is 5.73 Å². The van der Waals surface area contributed by atoms with Crippen LogP contribution in [0.4, 0.5) is 0 Å². The van der Waals surface area contributed by atoms with Crippen molar-refractivity contribution in [2.75, 3.05) is 11.5 Å². The molecule has 1 aromatic rings. The molecule has 1 heterocycles. The van der Waals surface area contributed by atoms with Gasteiger partial charge in [-0.25, -0.2) is 8.42 Å². The first-order chi connectivity index (χ1) is 8.57. The zero-order valence-electron chi connectivity index (χ0n) is 10.4. The summed E-state index contributed by atoms with van der Waals surface area (Å²) in [5.74, 6) is 1.31. The second-order valence-corrected chi connectivity index (χ2v) is 7.82. The molecule has 0 radical (unpaired) electrons. The third-order valence-electron chi connectivity index (χ3n) is 4.15. The monoisotopic (exact) mass is 265 g/mol. The van der Waals surface area contributed by atoms with Crippen LogP contribution >= 0.6 is 0 Å². The molecular weight excluding hydrogens is 246 g/mol. The molecule has 2 atom stereocenters. The molecule has 3 rings (SSSR count). The van der Waals surface area contributed by atoms with E-state index < -0.39 is 9.84 Å². The van der Waals surface area contributed by atoms with Crippen LogP contribution in [-0.2, 0) is 9.84 Å². The Kier molecular flexibility index (Phi) is 2.94. The maximum atomic E-state index is 11.6. The molecule has 2 N–H and O–H groups in total. The van der Waals surface area contributed by atoms with Gasteiger partial charge >= 0.3 is 0 Å². The van der Waals surface area contributed by atoms with Gasteiger partial charge < -0.3 is 5.73 Å². The second kappa shape index (κ2) is 4.35. The van der Waals surface area contributed by atoms with E-state index >= 15 is 0 Å². The Morgan fingerprint density at radius 2 is 1.89 bits per heavy atom. The fourth-order valence-electron chi connectivity index (χ4n) is 2.94. The Morgan fingerprint density at radius 3 is 2.50 bits per heavy atom. The van der Waals surface area contributed by atoms with Crippen molar-refractivity contribution in [3.8, 4) is 0 Å². The molecule has 0 spiro atoms. The molecule has 98 valence electrons. The topological polar surface area (TPSA) is 60.2 Å². The lowest BCUT2D eigenvalue weighted by atomic mass is 9.89. The number of hydrogen-bond acceptors (Lipinski definition) is 3. The van der Waals surface area contributed by atoms with Gasteiger partial charge in [-0.1, -0.05) is 24.3 Å². The van der Waals surface area contributed by atoms with E-state index in [0.29, 0.717) is 18.1 Å². The fraction of sp³-hybridized carbons (Fsp3) is 0.571. The first-order valence-corrected chi connectivity index (χ1v) is 8.44. The van der Waals surface area contributed by atoms with Gasteiger partial charge in [-0.3, -0.25) is 0 Å². The molecule has 1 aliphatic heterocycles. The van der Waals surface area contributed by atoms with Crippen molar-refractivity contribution in [1.82, 2.24) is 0 Å². The average Bonchev–Trinajstić information content (AvgIpc) is 3.13. The number of sulfone groups is 1. The van der Waals surface area contributed by atoms with Crippen molar-refractivity contribution in [3.63, 3.8) is 0 Å². The minimum Gasteiger partial charge on any atom is -0.324 e. The van der Waals surface area contributed by atoms with Crippen molar-refractivity contribution < 1.29 is 8.42 Å². The van der Waals surface area contributed by atoms with Crippen LogP contribution in [0.1, 0.15) is 42.3 Å². The van der Waals surface area contributed by atoms with Gasteiger partial charge in [0, 0.05) is 6.04 Å². The highest BCUT2D eigenvalue weighted by Gasteiger charge is 2.35. The lowest BCUT2D eigenvalue weighted by Gasteiger charge is -2.21. The molecule has 1 saturated heterocycles. The van der Waals surface area contributed by atoms with Crippen molar-refractivity contribution in [2.24, 2.45) is 11.7 Å². The first-order valence-electron chi connectivity index (χ1n) is 6.62. The first kappa shape index (κ1) is 12.2. The van der Waals surface area contributed by atoms with E-state index in [1.54, 1.807) is 0 Å². The van der Waals surface area contributed by atoms with Crippen LogP contribution in [-0.4, -0.2) is 19.9 Å². The molecule has 2 unspecified atom stereocenters. The summed E-state index contributed by atoms with van der Waals surface area (Å²) >= 11 is 0. The molecule has 2 aliphatic rings. The van der Waals surface area contributed by atoms with E-state index in [1.807, 2.05) is 6.07 Å². The summed E-state index contributed by atoms with van der Waals surface area (Å²) in [7, 11) is -2.85. The predicted octanol–water partition coefficient (Wildman–Crippen LogP) is 2.00. The molecule has 1 saturated carbocycles. The maximum absolute atomic E-state index is 11.6. The van der Waals surface area contributed by atoms with Gasteiger partial charge in [0.05, 0.1) is 11.5 Å². The summed E-state index contributed by atoms with van der Waals surface area (Å²) in [6.07, 6.45) is 3.20. The summed E-state index contributed by atoms with van der Waals surface area (Å²) in [6, 6.07) is 8.15. The van der Waals surface area contributed by atoms with Gasteiger partial charge in [0.1, 0.15) is 0 Å². The lowest BCUT2D eigenvalue weighted by Crippen LogP contribution is -2.23. The summed E-state index contributed by atoms with van der Waals surface area (Å²) in [5, 5.41) is 0. The van der Waals surface area contributed by atoms with Crippen LogP contribution in [0.2, 0.25) is 0 Å². The quantitative estimate of drug-likeness (QED) is 0.909. The van der Waals surface area contributed by atoms with Crippen LogP contribution in [0.5, 0.6) is 0 Å². The average molecular weight is 265 g/mol. The molecular formula is C14H19NO2S. The van der Waals surface area contributed by atoms with Crippen molar-refractivity contribution >= 4 is 9.84 Å². The van der Waals surface area contributed by atoms with Gasteiger partial charge in [-0.15, -0.1) is 0 Å². The summed E-state index contributed by atoms with van der Waals surface area (Å²) in [6.45, 7) is 0. The Morgan fingerprint density at radius 1 is 1.17 bits per heavy atom. The number of nitrogens with two attached hydrogens (primary N) is 1. The Hall–Kier alpha value is -0.870. The molecule has 0 bridgehead atoms. The highest BCUT2D eigenvalue weighted by atomic mass is 32.2. The Labute approximate surface area is 108 Å². The van der Waals surface area contributed by atoms with Crippen molar-refractivity contribution in [3.05, 3.63) is 35.4 Å². The molecule has 4 heteroatoms. The van der Waals surface area contributed by atoms with Crippen LogP contribution in [0.3, 0.4) is 0 Å². The zero-order chi connectivity index (χ0) is 12.8. The van der Waals surface area contributed by atoms with E-state index in [9.17, 15) is 8.42 Å². The summed E-state index contributed by atoms with van der Waals surface area (Å²) in [4.78, 5) is 0. The minimum atomic E-state index is -2.85. The third-order valence-corrected chi connectivity index (χ3v) is 5.94. The van der Waals surface area contributed by atoms with Crippen molar-refractivity contribution in [2.45, 2.75) is 31.2 Å². The van der Waals surface area contributed by atoms with Crippen LogP contribution in [0.15, 0.2) is 24.3 Å². The predicted molar refractivity (Wildman–Crippen MR) is 72.1 cm³/mol.